The van der Waals surface area contributed by atoms with E-state index in [4.69, 9.17) is 0 Å². The molecule has 0 aromatic heterocycles. The zero-order chi connectivity index (χ0) is 20.7. The van der Waals surface area contributed by atoms with E-state index in [9.17, 15) is 18.0 Å². The van der Waals surface area contributed by atoms with Gasteiger partial charge in [-0.05, 0) is 37.2 Å². The Balaban J connectivity index is 1.48. The molecule has 1 atom stereocenters. The van der Waals surface area contributed by atoms with Gasteiger partial charge in [-0.2, -0.15) is 0 Å². The van der Waals surface area contributed by atoms with Crippen molar-refractivity contribution >= 4 is 21.8 Å². The fraction of sp³-hybridized carbons (Fsp3) is 0.619. The molecule has 1 saturated carbocycles. The van der Waals surface area contributed by atoms with Crippen LogP contribution in [0.3, 0.4) is 0 Å². The molecule has 1 saturated heterocycles. The van der Waals surface area contributed by atoms with Crippen molar-refractivity contribution in [2.24, 2.45) is 5.92 Å². The van der Waals surface area contributed by atoms with Crippen LogP contribution in [-0.4, -0.2) is 50.8 Å². The normalized spacial score (nSPS) is 20.6. The van der Waals surface area contributed by atoms with E-state index in [-0.39, 0.29) is 24.1 Å². The van der Waals surface area contributed by atoms with E-state index in [0.29, 0.717) is 31.0 Å². The first-order chi connectivity index (χ1) is 13.9. The summed E-state index contributed by atoms with van der Waals surface area (Å²) in [6.45, 7) is 0.837. The fourth-order valence-electron chi connectivity index (χ4n) is 4.21. The predicted molar refractivity (Wildman–Crippen MR) is 111 cm³/mol. The van der Waals surface area contributed by atoms with E-state index in [1.54, 1.807) is 24.3 Å². The zero-order valence-electron chi connectivity index (χ0n) is 16.8. The van der Waals surface area contributed by atoms with Crippen LogP contribution >= 0.6 is 0 Å². The summed E-state index contributed by atoms with van der Waals surface area (Å²) in [5.74, 6) is -0.111. The van der Waals surface area contributed by atoms with Crippen molar-refractivity contribution in [3.8, 4) is 0 Å². The Morgan fingerprint density at radius 2 is 1.72 bits per heavy atom. The number of nitrogens with one attached hydrogen (secondary N) is 2. The Morgan fingerprint density at radius 3 is 2.45 bits per heavy atom. The number of hydrogen-bond acceptors (Lipinski definition) is 4. The molecule has 3 rings (SSSR count). The van der Waals surface area contributed by atoms with Crippen LogP contribution in [0, 0.1) is 5.92 Å². The summed E-state index contributed by atoms with van der Waals surface area (Å²) in [7, 11) is -3.62. The second-order valence-electron chi connectivity index (χ2n) is 8.06. The van der Waals surface area contributed by atoms with E-state index in [1.807, 2.05) is 6.07 Å². The molecule has 0 radical (unpaired) electrons. The third-order valence-electron chi connectivity index (χ3n) is 5.81. The van der Waals surface area contributed by atoms with E-state index in [1.165, 1.54) is 24.2 Å². The molecule has 0 bridgehead atoms. The van der Waals surface area contributed by atoms with Crippen LogP contribution in [0.2, 0.25) is 0 Å². The first kappa shape index (κ1) is 21.8. The van der Waals surface area contributed by atoms with Crippen LogP contribution in [0.25, 0.3) is 0 Å². The van der Waals surface area contributed by atoms with Gasteiger partial charge < -0.3 is 10.2 Å². The Kier molecular flexibility index (Phi) is 7.66. The van der Waals surface area contributed by atoms with Gasteiger partial charge >= 0.3 is 0 Å². The molecule has 1 aromatic carbocycles. The van der Waals surface area contributed by atoms with E-state index < -0.39 is 16.1 Å². The van der Waals surface area contributed by atoms with Gasteiger partial charge in [0.25, 0.3) is 0 Å². The molecule has 29 heavy (non-hydrogen) atoms. The van der Waals surface area contributed by atoms with Crippen LogP contribution in [0.1, 0.15) is 50.5 Å². The summed E-state index contributed by atoms with van der Waals surface area (Å²) in [6.07, 6.45) is 7.39. The topological polar surface area (TPSA) is 95.6 Å². The first-order valence-corrected chi connectivity index (χ1v) is 12.2. The number of hydrogen-bond donors (Lipinski definition) is 2. The number of likely N-dealkylation sites (tertiary alicyclic amines) is 1. The highest BCUT2D eigenvalue weighted by atomic mass is 32.2. The molecule has 7 nitrogen and oxygen atoms in total. The molecular weight excluding hydrogens is 390 g/mol. The smallest absolute Gasteiger partial charge is 0.242 e. The highest BCUT2D eigenvalue weighted by molar-refractivity contribution is 7.88. The third-order valence-corrected chi connectivity index (χ3v) is 7.11. The van der Waals surface area contributed by atoms with Crippen molar-refractivity contribution in [1.29, 1.82) is 0 Å². The summed E-state index contributed by atoms with van der Waals surface area (Å²) in [4.78, 5) is 26.7. The molecule has 1 aliphatic carbocycles. The molecule has 1 aromatic rings. The second-order valence-corrected chi connectivity index (χ2v) is 9.87. The van der Waals surface area contributed by atoms with Crippen LogP contribution in [0.5, 0.6) is 0 Å². The minimum absolute atomic E-state index is 0.117. The minimum atomic E-state index is -3.62. The summed E-state index contributed by atoms with van der Waals surface area (Å²) in [6, 6.07) is 8.33. The van der Waals surface area contributed by atoms with Gasteiger partial charge in [0, 0.05) is 13.1 Å². The summed E-state index contributed by atoms with van der Waals surface area (Å²) < 4.78 is 26.9. The molecule has 160 valence electrons. The number of nitrogens with zero attached hydrogens (tertiary/aromatic N) is 1. The lowest BCUT2D eigenvalue weighted by atomic mass is 9.89. The zero-order valence-corrected chi connectivity index (χ0v) is 17.6. The van der Waals surface area contributed by atoms with Crippen molar-refractivity contribution in [2.45, 2.75) is 56.7 Å². The lowest BCUT2D eigenvalue weighted by molar-refractivity contribution is -0.137. The van der Waals surface area contributed by atoms with Crippen molar-refractivity contribution in [2.75, 3.05) is 19.6 Å². The standard InChI is InChI=1S/C21H31N3O4S/c25-20(15-23-29(27,28)16-18-10-5-2-6-11-18)24-13-7-12-19(24)21(26)22-14-17-8-3-1-4-9-17/h2,5-6,10-11,17,19,23H,1,3-4,7-9,12-16H2,(H,22,26). The second kappa shape index (κ2) is 10.2. The maximum absolute atomic E-state index is 12.6. The van der Waals surface area contributed by atoms with E-state index in [2.05, 4.69) is 10.0 Å². The summed E-state index contributed by atoms with van der Waals surface area (Å²) >= 11 is 0. The third kappa shape index (κ3) is 6.54. The van der Waals surface area contributed by atoms with Gasteiger partial charge in [-0.1, -0.05) is 49.6 Å². The lowest BCUT2D eigenvalue weighted by Gasteiger charge is -2.26. The fourth-order valence-corrected chi connectivity index (χ4v) is 5.29. The molecule has 1 unspecified atom stereocenters. The molecule has 2 amide bonds. The number of sulfonamides is 1. The van der Waals surface area contributed by atoms with Crippen LogP contribution in [0.15, 0.2) is 30.3 Å². The number of amides is 2. The van der Waals surface area contributed by atoms with Gasteiger partial charge in [-0.15, -0.1) is 0 Å². The molecule has 0 spiro atoms. The van der Waals surface area contributed by atoms with E-state index in [0.717, 1.165) is 19.3 Å². The van der Waals surface area contributed by atoms with Crippen LogP contribution < -0.4 is 10.0 Å². The van der Waals surface area contributed by atoms with Gasteiger partial charge in [0.05, 0.1) is 12.3 Å². The van der Waals surface area contributed by atoms with Crippen molar-refractivity contribution in [3.63, 3.8) is 0 Å². The largest absolute Gasteiger partial charge is 0.354 e. The number of benzene rings is 1. The maximum Gasteiger partial charge on any atom is 0.242 e. The number of carbonyl (C=O) groups is 2. The number of rotatable bonds is 8. The molecule has 1 aliphatic heterocycles. The van der Waals surface area contributed by atoms with Gasteiger partial charge in [0.2, 0.25) is 21.8 Å². The van der Waals surface area contributed by atoms with Crippen molar-refractivity contribution in [3.05, 3.63) is 35.9 Å². The SMILES string of the molecule is O=C(NCC1CCCCC1)C1CCCN1C(=O)CNS(=O)(=O)Cc1ccccc1. The van der Waals surface area contributed by atoms with Gasteiger partial charge in [-0.3, -0.25) is 9.59 Å². The quantitative estimate of drug-likeness (QED) is 0.669. The maximum atomic E-state index is 12.6. The minimum Gasteiger partial charge on any atom is -0.354 e. The predicted octanol–water partition coefficient (Wildman–Crippen LogP) is 1.79. The Labute approximate surface area is 173 Å². The van der Waals surface area contributed by atoms with Gasteiger partial charge in [0.15, 0.2) is 0 Å². The average Bonchev–Trinajstić information content (AvgIpc) is 3.22. The van der Waals surface area contributed by atoms with Crippen molar-refractivity contribution < 1.29 is 18.0 Å². The molecule has 2 N–H and O–H groups in total. The van der Waals surface area contributed by atoms with Crippen molar-refractivity contribution in [1.82, 2.24) is 14.9 Å². The molecule has 2 aliphatic rings. The highest BCUT2D eigenvalue weighted by Crippen LogP contribution is 2.23. The first-order valence-electron chi connectivity index (χ1n) is 10.5. The summed E-state index contributed by atoms with van der Waals surface area (Å²) in [5, 5.41) is 3.01. The van der Waals surface area contributed by atoms with Crippen LogP contribution in [0.4, 0.5) is 0 Å². The average molecular weight is 422 g/mol. The Bertz CT molecular complexity index is 791. The monoisotopic (exact) mass is 421 g/mol. The highest BCUT2D eigenvalue weighted by Gasteiger charge is 2.34. The lowest BCUT2D eigenvalue weighted by Crippen LogP contribution is -2.49. The molecule has 8 heteroatoms. The Hall–Kier alpha value is -1.93. The number of carbonyl (C=O) groups excluding carboxylic acids is 2. The van der Waals surface area contributed by atoms with Gasteiger partial charge in [0.1, 0.15) is 6.04 Å². The molecule has 1 heterocycles. The van der Waals surface area contributed by atoms with E-state index >= 15 is 0 Å². The van der Waals surface area contributed by atoms with Crippen LogP contribution in [-0.2, 0) is 25.4 Å². The summed E-state index contributed by atoms with van der Waals surface area (Å²) in [5.41, 5.74) is 0.661. The Morgan fingerprint density at radius 1 is 1.00 bits per heavy atom. The molecule has 2 fully saturated rings. The molecular formula is C21H31N3O4S. The van der Waals surface area contributed by atoms with Gasteiger partial charge in [-0.25, -0.2) is 13.1 Å².